The minimum Gasteiger partial charge on any atom is -0.393 e. The molecule has 0 aliphatic carbocycles. The van der Waals surface area contributed by atoms with Gasteiger partial charge < -0.3 is 9.84 Å². The summed E-state index contributed by atoms with van der Waals surface area (Å²) in [5.74, 6) is -2.35. The van der Waals surface area contributed by atoms with Crippen molar-refractivity contribution in [2.24, 2.45) is 5.92 Å². The lowest BCUT2D eigenvalue weighted by Gasteiger charge is -2.27. The van der Waals surface area contributed by atoms with E-state index in [1.807, 2.05) is 0 Å². The molecule has 6 nitrogen and oxygen atoms in total. The monoisotopic (exact) mass is 294 g/mol. The Balaban J connectivity index is 2.47. The van der Waals surface area contributed by atoms with Crippen molar-refractivity contribution in [1.82, 2.24) is 9.55 Å². The highest BCUT2D eigenvalue weighted by Crippen LogP contribution is 2.42. The van der Waals surface area contributed by atoms with E-state index in [4.69, 9.17) is 4.74 Å². The number of nitrogens with zero attached hydrogens (tertiary/aromatic N) is 1. The Bertz CT molecular complexity index is 610. The van der Waals surface area contributed by atoms with Crippen LogP contribution in [0.2, 0.25) is 0 Å². The number of aromatic amines is 1. The van der Waals surface area contributed by atoms with Crippen LogP contribution >= 0.6 is 0 Å². The Morgan fingerprint density at radius 2 is 2.20 bits per heavy atom. The number of ether oxygens (including phenoxy) is 1. The number of aliphatic hydroxyl groups is 1. The molecule has 9 heteroatoms. The molecule has 0 unspecified atom stereocenters. The number of nitrogens with one attached hydrogen (secondary N) is 1. The smallest absolute Gasteiger partial charge is 0.330 e. The normalized spacial score (nSPS) is 33.5. The second-order valence-electron chi connectivity index (χ2n) is 4.74. The molecule has 1 aromatic rings. The molecule has 1 aromatic heterocycles. The van der Waals surface area contributed by atoms with Crippen LogP contribution in [0.1, 0.15) is 13.2 Å². The lowest BCUT2D eigenvalue weighted by atomic mass is 9.89. The number of alkyl halides is 2. The Kier molecular flexibility index (Phi) is 3.74. The molecule has 1 fully saturated rings. The first-order valence-corrected chi connectivity index (χ1v) is 5.86. The quantitative estimate of drug-likeness (QED) is 0.814. The molecule has 112 valence electrons. The van der Waals surface area contributed by atoms with Crippen molar-refractivity contribution in [3.8, 4) is 0 Å². The number of hydrogen-bond donors (Lipinski definition) is 2. The highest BCUT2D eigenvalue weighted by Gasteiger charge is 2.54. The van der Waals surface area contributed by atoms with Gasteiger partial charge in [0.25, 0.3) is 5.56 Å². The van der Waals surface area contributed by atoms with Gasteiger partial charge in [0.1, 0.15) is 12.3 Å². The van der Waals surface area contributed by atoms with E-state index in [-0.39, 0.29) is 0 Å². The molecule has 2 heterocycles. The van der Waals surface area contributed by atoms with Crippen LogP contribution in [-0.2, 0) is 4.74 Å². The van der Waals surface area contributed by atoms with Crippen molar-refractivity contribution in [3.05, 3.63) is 32.9 Å². The van der Waals surface area contributed by atoms with E-state index in [9.17, 15) is 27.9 Å². The highest BCUT2D eigenvalue weighted by molar-refractivity contribution is 5.00. The summed E-state index contributed by atoms with van der Waals surface area (Å²) >= 11 is 0. The molecule has 0 saturated carbocycles. The van der Waals surface area contributed by atoms with E-state index in [2.05, 4.69) is 0 Å². The minimum absolute atomic E-state index is 0.497. The zero-order chi connectivity index (χ0) is 15.1. The van der Waals surface area contributed by atoms with Crippen molar-refractivity contribution in [1.29, 1.82) is 0 Å². The van der Waals surface area contributed by atoms with Crippen LogP contribution in [0.4, 0.5) is 13.2 Å². The molecule has 2 rings (SSSR count). The minimum atomic E-state index is -1.85. The Morgan fingerprint density at radius 1 is 1.55 bits per heavy atom. The van der Waals surface area contributed by atoms with E-state index >= 15 is 0 Å². The lowest BCUT2D eigenvalue weighted by molar-refractivity contribution is -0.123. The first-order chi connectivity index (χ1) is 9.36. The molecule has 0 spiro atoms. The van der Waals surface area contributed by atoms with Gasteiger partial charge in [-0.15, -0.1) is 0 Å². The molecule has 1 aliphatic rings. The number of aliphatic hydroxyl groups excluding tert-OH is 1. The van der Waals surface area contributed by atoms with Crippen molar-refractivity contribution >= 4 is 0 Å². The van der Waals surface area contributed by atoms with Gasteiger partial charge in [-0.1, -0.05) is 6.92 Å². The van der Waals surface area contributed by atoms with Crippen LogP contribution in [-0.4, -0.2) is 39.7 Å². The van der Waals surface area contributed by atoms with Gasteiger partial charge in [0.15, 0.2) is 12.4 Å². The molecular formula is C11H13F3N2O4. The largest absolute Gasteiger partial charge is 0.393 e. The SMILES string of the molecule is C[C@H]1[C@H](F)[C@H](n2cc(F)c(=O)[nH]c2=O)O[C@@]1(CO)CF. The molecule has 0 aromatic carbocycles. The third-order valence-electron chi connectivity index (χ3n) is 3.63. The van der Waals surface area contributed by atoms with Crippen LogP contribution in [0.25, 0.3) is 0 Å². The predicted molar refractivity (Wildman–Crippen MR) is 61.3 cm³/mol. The fraction of sp³-hybridized carbons (Fsp3) is 0.636. The molecule has 0 amide bonds. The van der Waals surface area contributed by atoms with Crippen LogP contribution in [0.15, 0.2) is 15.8 Å². The van der Waals surface area contributed by atoms with Crippen molar-refractivity contribution in [2.75, 3.05) is 13.3 Å². The van der Waals surface area contributed by atoms with E-state index in [0.29, 0.717) is 10.8 Å². The van der Waals surface area contributed by atoms with Crippen LogP contribution in [0.3, 0.4) is 0 Å². The number of rotatable bonds is 3. The average molecular weight is 294 g/mol. The molecule has 2 N–H and O–H groups in total. The Labute approximate surface area is 110 Å². The summed E-state index contributed by atoms with van der Waals surface area (Å²) in [6.45, 7) is -0.641. The zero-order valence-electron chi connectivity index (χ0n) is 10.5. The topological polar surface area (TPSA) is 84.3 Å². The van der Waals surface area contributed by atoms with Gasteiger partial charge >= 0.3 is 5.69 Å². The highest BCUT2D eigenvalue weighted by atomic mass is 19.1. The van der Waals surface area contributed by atoms with Crippen molar-refractivity contribution in [2.45, 2.75) is 24.9 Å². The first kappa shape index (κ1) is 14.8. The van der Waals surface area contributed by atoms with Crippen LogP contribution in [0, 0.1) is 11.7 Å². The molecule has 0 bridgehead atoms. The van der Waals surface area contributed by atoms with E-state index in [0.717, 1.165) is 0 Å². The van der Waals surface area contributed by atoms with Gasteiger partial charge in [0.05, 0.1) is 12.8 Å². The number of aromatic nitrogens is 2. The lowest BCUT2D eigenvalue weighted by Crippen LogP contribution is -2.42. The van der Waals surface area contributed by atoms with Gasteiger partial charge in [-0.05, 0) is 0 Å². The zero-order valence-corrected chi connectivity index (χ0v) is 10.5. The van der Waals surface area contributed by atoms with Gasteiger partial charge in [-0.2, -0.15) is 4.39 Å². The molecule has 20 heavy (non-hydrogen) atoms. The van der Waals surface area contributed by atoms with Crippen molar-refractivity contribution in [3.63, 3.8) is 0 Å². The predicted octanol–water partition coefficient (Wildman–Crippen LogP) is -0.121. The molecule has 4 atom stereocenters. The Morgan fingerprint density at radius 3 is 2.70 bits per heavy atom. The first-order valence-electron chi connectivity index (χ1n) is 5.86. The molecule has 0 radical (unpaired) electrons. The summed E-state index contributed by atoms with van der Waals surface area (Å²) in [6.07, 6.45) is -2.97. The summed E-state index contributed by atoms with van der Waals surface area (Å²) in [7, 11) is 0. The van der Waals surface area contributed by atoms with Crippen molar-refractivity contribution < 1.29 is 23.0 Å². The van der Waals surface area contributed by atoms with E-state index in [1.54, 1.807) is 4.98 Å². The molecule has 1 aliphatic heterocycles. The molecule has 1 saturated heterocycles. The summed E-state index contributed by atoms with van der Waals surface area (Å²) in [6, 6.07) is 0. The maximum absolute atomic E-state index is 14.2. The maximum atomic E-state index is 14.2. The maximum Gasteiger partial charge on any atom is 0.330 e. The van der Waals surface area contributed by atoms with Gasteiger partial charge in [0, 0.05) is 5.92 Å². The third kappa shape index (κ3) is 2.06. The van der Waals surface area contributed by atoms with Gasteiger partial charge in [-0.25, -0.2) is 13.6 Å². The number of hydrogen-bond acceptors (Lipinski definition) is 4. The fourth-order valence-corrected chi connectivity index (χ4v) is 2.19. The standard InChI is InChI=1S/C11H13F3N2O4/c1-5-7(14)9(20-11(5,3-12)4-17)16-2-6(13)8(18)15-10(16)19/h2,5,7,9,17H,3-4H2,1H3,(H,15,18,19)/t5-,7-,9+,11+/m0/s1. The average Bonchev–Trinajstić information content (AvgIpc) is 2.68. The summed E-state index contributed by atoms with van der Waals surface area (Å²) < 4.78 is 46.0. The third-order valence-corrected chi connectivity index (χ3v) is 3.63. The van der Waals surface area contributed by atoms with E-state index in [1.165, 1.54) is 6.92 Å². The molecular weight excluding hydrogens is 281 g/mol. The van der Waals surface area contributed by atoms with Crippen LogP contribution < -0.4 is 11.2 Å². The van der Waals surface area contributed by atoms with Crippen LogP contribution in [0.5, 0.6) is 0 Å². The van der Waals surface area contributed by atoms with Gasteiger partial charge in [-0.3, -0.25) is 14.3 Å². The van der Waals surface area contributed by atoms with Gasteiger partial charge in [0.2, 0.25) is 5.82 Å². The second-order valence-corrected chi connectivity index (χ2v) is 4.74. The Hall–Kier alpha value is -1.61. The number of H-pyrrole nitrogens is 1. The number of halogens is 3. The second kappa shape index (κ2) is 5.06. The summed E-state index contributed by atoms with van der Waals surface area (Å²) in [4.78, 5) is 24.1. The van der Waals surface area contributed by atoms with E-state index < -0.39 is 54.3 Å². The summed E-state index contributed by atoms with van der Waals surface area (Å²) in [5.41, 5.74) is -4.12. The summed E-state index contributed by atoms with van der Waals surface area (Å²) in [5, 5.41) is 9.19. The fourth-order valence-electron chi connectivity index (χ4n) is 2.19.